The van der Waals surface area contributed by atoms with Gasteiger partial charge in [0.1, 0.15) is 18.0 Å². The number of benzene rings is 1. The summed E-state index contributed by atoms with van der Waals surface area (Å²) in [6.07, 6.45) is -0.344. The van der Waals surface area contributed by atoms with Gasteiger partial charge in [-0.3, -0.25) is 0 Å². The smallest absolute Gasteiger partial charge is 0.410 e. The molecule has 0 unspecified atom stereocenters. The van der Waals surface area contributed by atoms with Crippen LogP contribution in [0.1, 0.15) is 26.3 Å². The van der Waals surface area contributed by atoms with Crippen molar-refractivity contribution in [3.63, 3.8) is 0 Å². The molecule has 0 aliphatic carbocycles. The van der Waals surface area contributed by atoms with E-state index < -0.39 is 5.60 Å². The van der Waals surface area contributed by atoms with Gasteiger partial charge in [-0.15, -0.1) is 0 Å². The summed E-state index contributed by atoms with van der Waals surface area (Å²) < 4.78 is 11.0. The van der Waals surface area contributed by atoms with E-state index in [1.54, 1.807) is 11.0 Å². The molecule has 0 atom stereocenters. The molecular weight excluding hydrogens is 266 g/mol. The van der Waals surface area contributed by atoms with Crippen molar-refractivity contribution < 1.29 is 14.3 Å². The van der Waals surface area contributed by atoms with E-state index in [2.05, 4.69) is 0 Å². The molecule has 0 fully saturated rings. The second-order valence-corrected chi connectivity index (χ2v) is 5.87. The van der Waals surface area contributed by atoms with E-state index in [1.165, 1.54) is 0 Å². The third-order valence-corrected chi connectivity index (χ3v) is 3.05. The summed E-state index contributed by atoms with van der Waals surface area (Å²) in [4.78, 5) is 13.7. The molecule has 2 rings (SSSR count). The van der Waals surface area contributed by atoms with Crippen LogP contribution in [0.2, 0.25) is 5.02 Å². The van der Waals surface area contributed by atoms with E-state index in [1.807, 2.05) is 32.9 Å². The van der Waals surface area contributed by atoms with E-state index in [9.17, 15) is 4.79 Å². The van der Waals surface area contributed by atoms with Gasteiger partial charge in [-0.05, 0) is 32.9 Å². The zero-order chi connectivity index (χ0) is 14.0. The number of carbonyl (C=O) groups excluding carboxylic acids is 1. The van der Waals surface area contributed by atoms with Crippen LogP contribution in [0.15, 0.2) is 18.2 Å². The maximum Gasteiger partial charge on any atom is 0.410 e. The highest BCUT2D eigenvalue weighted by atomic mass is 35.5. The van der Waals surface area contributed by atoms with Gasteiger partial charge >= 0.3 is 6.09 Å². The van der Waals surface area contributed by atoms with Crippen LogP contribution < -0.4 is 4.74 Å². The molecule has 104 valence electrons. The second kappa shape index (κ2) is 5.29. The quantitative estimate of drug-likeness (QED) is 0.732. The molecule has 5 heteroatoms. The van der Waals surface area contributed by atoms with E-state index in [4.69, 9.17) is 21.1 Å². The minimum Gasteiger partial charge on any atom is -0.491 e. The largest absolute Gasteiger partial charge is 0.491 e. The summed E-state index contributed by atoms with van der Waals surface area (Å²) in [5.41, 5.74) is 0.320. The summed E-state index contributed by atoms with van der Waals surface area (Å²) in [7, 11) is 0. The minimum atomic E-state index is -0.506. The molecule has 0 saturated carbocycles. The molecule has 1 aliphatic heterocycles. The Hall–Kier alpha value is -1.42. The Balaban J connectivity index is 2.18. The standard InChI is InChI=1S/C14H18ClNO3/c1-14(2,3)19-13(17)16-7-8-18-12-6-4-5-11(15)10(12)9-16/h4-6H,7-9H2,1-3H3. The maximum atomic E-state index is 12.1. The number of nitrogens with zero attached hydrogens (tertiary/aromatic N) is 1. The first-order chi connectivity index (χ1) is 8.87. The lowest BCUT2D eigenvalue weighted by Gasteiger charge is -2.26. The first-order valence-corrected chi connectivity index (χ1v) is 6.63. The van der Waals surface area contributed by atoms with Crippen LogP contribution in [0.3, 0.4) is 0 Å². The fourth-order valence-corrected chi connectivity index (χ4v) is 2.07. The maximum absolute atomic E-state index is 12.1. The number of ether oxygens (including phenoxy) is 2. The van der Waals surface area contributed by atoms with Crippen LogP contribution in [0, 0.1) is 0 Å². The van der Waals surface area contributed by atoms with Crippen molar-refractivity contribution in [1.29, 1.82) is 0 Å². The van der Waals surface area contributed by atoms with Crippen LogP contribution >= 0.6 is 11.6 Å². The number of fused-ring (bicyclic) bond motifs is 1. The highest BCUT2D eigenvalue weighted by Crippen LogP contribution is 2.30. The van der Waals surface area contributed by atoms with Crippen LogP contribution in [0.25, 0.3) is 0 Å². The number of halogens is 1. The molecule has 0 N–H and O–H groups in total. The van der Waals surface area contributed by atoms with Gasteiger partial charge in [-0.2, -0.15) is 0 Å². The molecule has 0 saturated heterocycles. The predicted octanol–water partition coefficient (Wildman–Crippen LogP) is 3.47. The van der Waals surface area contributed by atoms with Crippen molar-refractivity contribution in [2.75, 3.05) is 13.2 Å². The third-order valence-electron chi connectivity index (χ3n) is 2.70. The van der Waals surface area contributed by atoms with Gasteiger partial charge in [0.2, 0.25) is 0 Å². The molecule has 1 heterocycles. The lowest BCUT2D eigenvalue weighted by molar-refractivity contribution is 0.0225. The Morgan fingerprint density at radius 1 is 1.42 bits per heavy atom. The normalized spacial score (nSPS) is 15.3. The van der Waals surface area contributed by atoms with E-state index in [0.717, 1.165) is 11.3 Å². The van der Waals surface area contributed by atoms with Gasteiger partial charge < -0.3 is 14.4 Å². The van der Waals surface area contributed by atoms with Crippen molar-refractivity contribution in [1.82, 2.24) is 4.90 Å². The molecule has 1 aromatic carbocycles. The van der Waals surface area contributed by atoms with E-state index in [-0.39, 0.29) is 6.09 Å². The molecule has 0 aromatic heterocycles. The van der Waals surface area contributed by atoms with Gasteiger partial charge in [-0.1, -0.05) is 17.7 Å². The van der Waals surface area contributed by atoms with Gasteiger partial charge in [-0.25, -0.2) is 4.79 Å². The molecule has 19 heavy (non-hydrogen) atoms. The van der Waals surface area contributed by atoms with Gasteiger partial charge in [0.15, 0.2) is 0 Å². The Morgan fingerprint density at radius 3 is 2.84 bits per heavy atom. The molecule has 0 radical (unpaired) electrons. The van der Waals surface area contributed by atoms with Crippen LogP contribution in [-0.2, 0) is 11.3 Å². The topological polar surface area (TPSA) is 38.8 Å². The SMILES string of the molecule is CC(C)(C)OC(=O)N1CCOc2cccc(Cl)c2C1. The number of amides is 1. The summed E-state index contributed by atoms with van der Waals surface area (Å²) >= 11 is 6.16. The summed E-state index contributed by atoms with van der Waals surface area (Å²) in [6.45, 7) is 6.87. The van der Waals surface area contributed by atoms with Crippen molar-refractivity contribution in [3.05, 3.63) is 28.8 Å². The van der Waals surface area contributed by atoms with Gasteiger partial charge in [0, 0.05) is 10.6 Å². The zero-order valence-electron chi connectivity index (χ0n) is 11.4. The first-order valence-electron chi connectivity index (χ1n) is 6.25. The van der Waals surface area contributed by atoms with Crippen molar-refractivity contribution in [2.24, 2.45) is 0 Å². The summed E-state index contributed by atoms with van der Waals surface area (Å²) in [5, 5.41) is 0.605. The fourth-order valence-electron chi connectivity index (χ4n) is 1.85. The molecule has 0 bridgehead atoms. The first kappa shape index (κ1) is 14.0. The molecule has 1 aliphatic rings. The zero-order valence-corrected chi connectivity index (χ0v) is 12.2. The predicted molar refractivity (Wildman–Crippen MR) is 73.6 cm³/mol. The minimum absolute atomic E-state index is 0.344. The molecule has 4 nitrogen and oxygen atoms in total. The number of carbonyl (C=O) groups is 1. The monoisotopic (exact) mass is 283 g/mol. The lowest BCUT2D eigenvalue weighted by atomic mass is 10.2. The van der Waals surface area contributed by atoms with Gasteiger partial charge in [0.05, 0.1) is 13.1 Å². The van der Waals surface area contributed by atoms with Crippen LogP contribution in [-0.4, -0.2) is 29.7 Å². The Labute approximate surface area is 118 Å². The highest BCUT2D eigenvalue weighted by molar-refractivity contribution is 6.31. The highest BCUT2D eigenvalue weighted by Gasteiger charge is 2.25. The molecule has 1 aromatic rings. The molecule has 1 amide bonds. The number of rotatable bonds is 0. The molecular formula is C14H18ClNO3. The van der Waals surface area contributed by atoms with Crippen molar-refractivity contribution in [3.8, 4) is 5.75 Å². The summed E-state index contributed by atoms with van der Waals surface area (Å²) in [5.74, 6) is 0.735. The second-order valence-electron chi connectivity index (χ2n) is 5.47. The average molecular weight is 284 g/mol. The van der Waals surface area contributed by atoms with Crippen molar-refractivity contribution >= 4 is 17.7 Å². The molecule has 0 spiro atoms. The summed E-state index contributed by atoms with van der Waals surface area (Å²) in [6, 6.07) is 5.49. The Bertz CT molecular complexity index is 482. The number of hydrogen-bond donors (Lipinski definition) is 0. The average Bonchev–Trinajstić information content (AvgIpc) is 2.50. The lowest BCUT2D eigenvalue weighted by Crippen LogP contribution is -2.37. The Morgan fingerprint density at radius 2 is 2.16 bits per heavy atom. The van der Waals surface area contributed by atoms with Crippen LogP contribution in [0.4, 0.5) is 4.79 Å². The third kappa shape index (κ3) is 3.53. The Kier molecular flexibility index (Phi) is 3.90. The van der Waals surface area contributed by atoms with Crippen LogP contribution in [0.5, 0.6) is 5.75 Å². The number of hydrogen-bond acceptors (Lipinski definition) is 3. The van der Waals surface area contributed by atoms with E-state index >= 15 is 0 Å². The van der Waals surface area contributed by atoms with E-state index in [0.29, 0.717) is 24.7 Å². The fraction of sp³-hybridized carbons (Fsp3) is 0.500. The van der Waals surface area contributed by atoms with Gasteiger partial charge in [0.25, 0.3) is 0 Å². The van der Waals surface area contributed by atoms with Crippen molar-refractivity contribution in [2.45, 2.75) is 32.9 Å².